The average Bonchev–Trinajstić information content (AvgIpc) is 2.53. The number of nitrogens with two attached hydrogens (primary N) is 1. The van der Waals surface area contributed by atoms with Crippen LogP contribution in [-0.2, 0) is 6.54 Å². The first-order valence-electron chi connectivity index (χ1n) is 5.54. The molecular weight excluding hydrogens is 234 g/mol. The molecule has 1 aromatic heterocycles. The van der Waals surface area contributed by atoms with Gasteiger partial charge in [-0.1, -0.05) is 29.8 Å². The molecule has 2 N–H and O–H groups in total. The van der Waals surface area contributed by atoms with E-state index in [0.717, 1.165) is 5.69 Å². The lowest BCUT2D eigenvalue weighted by atomic mass is 10.0. The normalized spacial score (nSPS) is 10.8. The Hall–Kier alpha value is -1.48. The highest BCUT2D eigenvalue weighted by Gasteiger charge is 2.11. The molecule has 3 nitrogen and oxygen atoms in total. The number of aryl methyl sites for hydroxylation is 2. The molecule has 0 spiro atoms. The number of benzene rings is 1. The van der Waals surface area contributed by atoms with E-state index in [0.29, 0.717) is 17.4 Å². The summed E-state index contributed by atoms with van der Waals surface area (Å²) in [7, 11) is 0. The van der Waals surface area contributed by atoms with Gasteiger partial charge in [0.25, 0.3) is 0 Å². The molecule has 2 aromatic rings. The van der Waals surface area contributed by atoms with Crippen molar-refractivity contribution in [3.63, 3.8) is 0 Å². The molecule has 0 radical (unpaired) electrons. The van der Waals surface area contributed by atoms with Crippen molar-refractivity contribution in [2.45, 2.75) is 27.3 Å². The summed E-state index contributed by atoms with van der Waals surface area (Å²) in [6.07, 6.45) is 0. The minimum absolute atomic E-state index is 0.532. The molecule has 0 saturated heterocycles. The van der Waals surface area contributed by atoms with Gasteiger partial charge in [-0.25, -0.2) is 4.68 Å². The first kappa shape index (κ1) is 12.0. The van der Waals surface area contributed by atoms with E-state index in [4.69, 9.17) is 17.3 Å². The van der Waals surface area contributed by atoms with Crippen LogP contribution in [0.3, 0.4) is 0 Å². The molecule has 1 aromatic carbocycles. The minimum atomic E-state index is 0.532. The van der Waals surface area contributed by atoms with Crippen LogP contribution < -0.4 is 5.73 Å². The maximum Gasteiger partial charge on any atom is 0.141 e. The Labute approximate surface area is 106 Å². The highest BCUT2D eigenvalue weighted by atomic mass is 35.5. The number of anilines is 1. The Kier molecular flexibility index (Phi) is 3.11. The van der Waals surface area contributed by atoms with Crippen molar-refractivity contribution < 1.29 is 0 Å². The summed E-state index contributed by atoms with van der Waals surface area (Å²) in [5.74, 6) is 0.532. The molecule has 0 bridgehead atoms. The molecule has 0 amide bonds. The van der Waals surface area contributed by atoms with Crippen molar-refractivity contribution in [2.24, 2.45) is 0 Å². The fourth-order valence-electron chi connectivity index (χ4n) is 1.84. The van der Waals surface area contributed by atoms with Crippen LogP contribution in [0.1, 0.15) is 22.4 Å². The molecule has 0 atom stereocenters. The highest BCUT2D eigenvalue weighted by molar-refractivity contribution is 6.33. The van der Waals surface area contributed by atoms with E-state index in [9.17, 15) is 0 Å². The van der Waals surface area contributed by atoms with E-state index < -0.39 is 0 Å². The van der Waals surface area contributed by atoms with Gasteiger partial charge in [0.1, 0.15) is 10.8 Å². The first-order valence-corrected chi connectivity index (χ1v) is 5.92. The average molecular weight is 250 g/mol. The van der Waals surface area contributed by atoms with Crippen molar-refractivity contribution in [1.29, 1.82) is 0 Å². The Morgan fingerprint density at radius 1 is 1.29 bits per heavy atom. The van der Waals surface area contributed by atoms with Crippen molar-refractivity contribution >= 4 is 17.4 Å². The Morgan fingerprint density at radius 3 is 2.59 bits per heavy atom. The Balaban J connectivity index is 2.38. The van der Waals surface area contributed by atoms with E-state index >= 15 is 0 Å². The second-order valence-corrected chi connectivity index (χ2v) is 4.68. The predicted octanol–water partition coefficient (Wildman–Crippen LogP) is 3.09. The van der Waals surface area contributed by atoms with Gasteiger partial charge in [0.2, 0.25) is 0 Å². The largest absolute Gasteiger partial charge is 0.383 e. The lowest BCUT2D eigenvalue weighted by Gasteiger charge is -2.09. The SMILES string of the molecule is Cc1cccc(Cn2nc(C)c(Cl)c2N)c1C. The molecule has 2 rings (SSSR count). The molecule has 4 heteroatoms. The van der Waals surface area contributed by atoms with Gasteiger partial charge in [-0.2, -0.15) is 5.10 Å². The number of hydrogen-bond acceptors (Lipinski definition) is 2. The fraction of sp³-hybridized carbons (Fsp3) is 0.308. The van der Waals surface area contributed by atoms with Gasteiger partial charge in [-0.05, 0) is 37.5 Å². The second kappa shape index (κ2) is 4.41. The van der Waals surface area contributed by atoms with Gasteiger partial charge in [0.05, 0.1) is 12.2 Å². The molecule has 0 unspecified atom stereocenters. The van der Waals surface area contributed by atoms with E-state index in [1.165, 1.54) is 16.7 Å². The summed E-state index contributed by atoms with van der Waals surface area (Å²) in [5, 5.41) is 4.89. The van der Waals surface area contributed by atoms with Crippen molar-refractivity contribution in [2.75, 3.05) is 5.73 Å². The number of hydrogen-bond donors (Lipinski definition) is 1. The maximum atomic E-state index is 6.03. The Morgan fingerprint density at radius 2 is 2.00 bits per heavy atom. The lowest BCUT2D eigenvalue weighted by molar-refractivity contribution is 0.686. The van der Waals surface area contributed by atoms with Crippen LogP contribution in [0.2, 0.25) is 5.02 Å². The first-order chi connectivity index (χ1) is 8.00. The van der Waals surface area contributed by atoms with Crippen LogP contribution in [0.5, 0.6) is 0 Å². The summed E-state index contributed by atoms with van der Waals surface area (Å²) in [5.41, 5.74) is 10.4. The van der Waals surface area contributed by atoms with E-state index in [1.807, 2.05) is 13.0 Å². The lowest BCUT2D eigenvalue weighted by Crippen LogP contribution is -2.07. The van der Waals surface area contributed by atoms with Gasteiger partial charge in [-0.3, -0.25) is 0 Å². The third kappa shape index (κ3) is 2.15. The smallest absolute Gasteiger partial charge is 0.141 e. The van der Waals surface area contributed by atoms with Gasteiger partial charge in [0, 0.05) is 0 Å². The summed E-state index contributed by atoms with van der Waals surface area (Å²) >= 11 is 6.03. The monoisotopic (exact) mass is 249 g/mol. The van der Waals surface area contributed by atoms with Crippen LogP contribution in [0, 0.1) is 20.8 Å². The zero-order valence-corrected chi connectivity index (χ0v) is 11.0. The molecule has 0 aliphatic rings. The number of nitrogens with zero attached hydrogens (tertiary/aromatic N) is 2. The summed E-state index contributed by atoms with van der Waals surface area (Å²) in [6, 6.07) is 6.24. The number of nitrogen functional groups attached to an aromatic ring is 1. The Bertz CT molecular complexity index is 558. The highest BCUT2D eigenvalue weighted by Crippen LogP contribution is 2.23. The molecule has 0 fully saturated rings. The molecule has 0 aliphatic heterocycles. The summed E-state index contributed by atoms with van der Waals surface area (Å²) in [4.78, 5) is 0. The number of rotatable bonds is 2. The van der Waals surface area contributed by atoms with Crippen molar-refractivity contribution in [1.82, 2.24) is 9.78 Å². The molecule has 0 aliphatic carbocycles. The zero-order valence-electron chi connectivity index (χ0n) is 10.3. The van der Waals surface area contributed by atoms with Crippen LogP contribution in [0.25, 0.3) is 0 Å². The molecule has 1 heterocycles. The fourth-order valence-corrected chi connectivity index (χ4v) is 1.98. The van der Waals surface area contributed by atoms with Gasteiger partial charge in [-0.15, -0.1) is 0 Å². The van der Waals surface area contributed by atoms with E-state index in [2.05, 4.69) is 31.1 Å². The van der Waals surface area contributed by atoms with Gasteiger partial charge < -0.3 is 5.73 Å². The molecule has 17 heavy (non-hydrogen) atoms. The third-order valence-corrected chi connectivity index (χ3v) is 3.60. The van der Waals surface area contributed by atoms with Gasteiger partial charge >= 0.3 is 0 Å². The van der Waals surface area contributed by atoms with Gasteiger partial charge in [0.15, 0.2) is 0 Å². The van der Waals surface area contributed by atoms with Crippen LogP contribution in [0.15, 0.2) is 18.2 Å². The number of aromatic nitrogens is 2. The quantitative estimate of drug-likeness (QED) is 0.889. The van der Waals surface area contributed by atoms with Crippen LogP contribution in [-0.4, -0.2) is 9.78 Å². The van der Waals surface area contributed by atoms with Crippen LogP contribution >= 0.6 is 11.6 Å². The standard InChI is InChI=1S/C13H16ClN3/c1-8-5-4-6-11(9(8)2)7-17-13(15)12(14)10(3)16-17/h4-6H,7,15H2,1-3H3. The molecular formula is C13H16ClN3. The predicted molar refractivity (Wildman–Crippen MR) is 71.4 cm³/mol. The van der Waals surface area contributed by atoms with Crippen molar-refractivity contribution in [3.8, 4) is 0 Å². The minimum Gasteiger partial charge on any atom is -0.383 e. The second-order valence-electron chi connectivity index (χ2n) is 4.30. The third-order valence-electron chi connectivity index (χ3n) is 3.13. The van der Waals surface area contributed by atoms with Crippen LogP contribution in [0.4, 0.5) is 5.82 Å². The summed E-state index contributed by atoms with van der Waals surface area (Å²) < 4.78 is 1.75. The van der Waals surface area contributed by atoms with E-state index in [1.54, 1.807) is 4.68 Å². The zero-order chi connectivity index (χ0) is 12.6. The maximum absolute atomic E-state index is 6.03. The molecule has 90 valence electrons. The van der Waals surface area contributed by atoms with Crippen molar-refractivity contribution in [3.05, 3.63) is 45.6 Å². The number of halogens is 1. The topological polar surface area (TPSA) is 43.8 Å². The van der Waals surface area contributed by atoms with E-state index in [-0.39, 0.29) is 0 Å². The molecule has 0 saturated carbocycles. The summed E-state index contributed by atoms with van der Waals surface area (Å²) in [6.45, 7) is 6.73.